The van der Waals surface area contributed by atoms with Crippen LogP contribution in [-0.2, 0) is 6.18 Å². The van der Waals surface area contributed by atoms with Crippen LogP contribution in [0.2, 0.25) is 5.02 Å². The molecule has 6 heteroatoms. The molecule has 1 fully saturated rings. The number of hydrogen-bond donors (Lipinski definition) is 1. The average Bonchev–Trinajstić information content (AvgIpc) is 2.46. The van der Waals surface area contributed by atoms with Crippen molar-refractivity contribution in [3.8, 4) is 0 Å². The number of benzene rings is 1. The monoisotopic (exact) mass is 320 g/mol. The van der Waals surface area contributed by atoms with Gasteiger partial charge in [-0.15, -0.1) is 0 Å². The van der Waals surface area contributed by atoms with E-state index in [0.29, 0.717) is 5.69 Å². The molecule has 1 aromatic rings. The zero-order chi connectivity index (χ0) is 15.7. The number of halogens is 4. The minimum Gasteiger partial charge on any atom is -0.367 e. The number of anilines is 1. The van der Waals surface area contributed by atoms with Crippen LogP contribution in [0, 0.1) is 0 Å². The molecule has 0 aliphatic carbocycles. The molecule has 1 aromatic carbocycles. The van der Waals surface area contributed by atoms with Crippen LogP contribution >= 0.6 is 11.6 Å². The van der Waals surface area contributed by atoms with Crippen LogP contribution in [0.5, 0.6) is 0 Å². The fourth-order valence-corrected chi connectivity index (χ4v) is 3.13. The number of alkyl halides is 3. The van der Waals surface area contributed by atoms with Crippen LogP contribution in [0.1, 0.15) is 32.3 Å². The van der Waals surface area contributed by atoms with E-state index >= 15 is 0 Å². The molecule has 0 aromatic heterocycles. The van der Waals surface area contributed by atoms with Gasteiger partial charge in [-0.2, -0.15) is 13.2 Å². The van der Waals surface area contributed by atoms with Gasteiger partial charge in [-0.1, -0.05) is 25.4 Å². The number of rotatable bonds is 3. The second kappa shape index (κ2) is 6.05. The van der Waals surface area contributed by atoms with E-state index in [0.717, 1.165) is 44.6 Å². The Morgan fingerprint density at radius 2 is 1.95 bits per heavy atom. The normalized spacial score (nSPS) is 18.9. The lowest BCUT2D eigenvalue weighted by Crippen LogP contribution is -2.60. The van der Waals surface area contributed by atoms with Crippen molar-refractivity contribution in [3.05, 3.63) is 28.8 Å². The summed E-state index contributed by atoms with van der Waals surface area (Å²) < 4.78 is 38.1. The zero-order valence-corrected chi connectivity index (χ0v) is 13.0. The first kappa shape index (κ1) is 16.4. The first-order valence-electron chi connectivity index (χ1n) is 7.18. The molecule has 21 heavy (non-hydrogen) atoms. The molecule has 1 N–H and O–H groups in total. The third-order valence-electron chi connectivity index (χ3n) is 4.34. The molecule has 0 saturated carbocycles. The molecule has 0 bridgehead atoms. The maximum Gasteiger partial charge on any atom is 0.416 e. The molecule has 0 amide bonds. The van der Waals surface area contributed by atoms with Crippen LogP contribution in [-0.4, -0.2) is 25.2 Å². The van der Waals surface area contributed by atoms with Crippen molar-refractivity contribution < 1.29 is 13.2 Å². The second-order valence-electron chi connectivity index (χ2n) is 5.50. The van der Waals surface area contributed by atoms with Gasteiger partial charge in [0.1, 0.15) is 0 Å². The third-order valence-corrected chi connectivity index (χ3v) is 4.65. The Morgan fingerprint density at radius 1 is 1.29 bits per heavy atom. The predicted octanol–water partition coefficient (Wildman–Crippen LogP) is 4.33. The smallest absolute Gasteiger partial charge is 0.367 e. The van der Waals surface area contributed by atoms with Gasteiger partial charge in [0.05, 0.1) is 16.3 Å². The van der Waals surface area contributed by atoms with Crippen molar-refractivity contribution >= 4 is 17.3 Å². The molecular weight excluding hydrogens is 301 g/mol. The van der Waals surface area contributed by atoms with Crippen LogP contribution in [0.15, 0.2) is 18.2 Å². The standard InChI is InChI=1S/C15H20ClF3N2/c1-3-14(4-2)10-21(8-7-20-14)13-6-5-11(9-12(13)16)15(17,18)19/h5-6,9,20H,3-4,7-8,10H2,1-2H3. The maximum absolute atomic E-state index is 12.7. The van der Waals surface area contributed by atoms with Crippen molar-refractivity contribution in [2.24, 2.45) is 0 Å². The first-order valence-corrected chi connectivity index (χ1v) is 7.56. The first-order chi connectivity index (χ1) is 9.81. The van der Waals surface area contributed by atoms with E-state index in [9.17, 15) is 13.2 Å². The molecule has 0 atom stereocenters. The molecule has 0 unspecified atom stereocenters. The topological polar surface area (TPSA) is 15.3 Å². The lowest BCUT2D eigenvalue weighted by molar-refractivity contribution is -0.137. The Kier molecular flexibility index (Phi) is 4.73. The van der Waals surface area contributed by atoms with E-state index in [1.807, 2.05) is 0 Å². The molecule has 2 nitrogen and oxygen atoms in total. The Bertz CT molecular complexity index is 498. The van der Waals surface area contributed by atoms with Gasteiger partial charge in [-0.05, 0) is 31.0 Å². The van der Waals surface area contributed by atoms with Crippen molar-refractivity contribution in [2.45, 2.75) is 38.4 Å². The van der Waals surface area contributed by atoms with Crippen LogP contribution < -0.4 is 10.2 Å². The predicted molar refractivity (Wildman–Crippen MR) is 80.0 cm³/mol. The van der Waals surface area contributed by atoms with E-state index in [1.54, 1.807) is 0 Å². The lowest BCUT2D eigenvalue weighted by Gasteiger charge is -2.44. The van der Waals surface area contributed by atoms with Gasteiger partial charge in [0.25, 0.3) is 0 Å². The van der Waals surface area contributed by atoms with E-state index in [-0.39, 0.29) is 10.6 Å². The highest BCUT2D eigenvalue weighted by atomic mass is 35.5. The molecule has 1 aliphatic rings. The second-order valence-corrected chi connectivity index (χ2v) is 5.91. The Morgan fingerprint density at radius 3 is 2.48 bits per heavy atom. The fraction of sp³-hybridized carbons (Fsp3) is 0.600. The average molecular weight is 321 g/mol. The molecular formula is C15H20ClF3N2. The molecule has 1 saturated heterocycles. The third kappa shape index (κ3) is 3.46. The van der Waals surface area contributed by atoms with Gasteiger partial charge in [-0.3, -0.25) is 0 Å². The molecule has 118 valence electrons. The van der Waals surface area contributed by atoms with Crippen LogP contribution in [0.4, 0.5) is 18.9 Å². The van der Waals surface area contributed by atoms with Crippen molar-refractivity contribution in [1.82, 2.24) is 5.32 Å². The molecule has 1 aliphatic heterocycles. The summed E-state index contributed by atoms with van der Waals surface area (Å²) in [7, 11) is 0. The van der Waals surface area contributed by atoms with Gasteiger partial charge >= 0.3 is 6.18 Å². The Hall–Kier alpha value is -0.940. The van der Waals surface area contributed by atoms with Crippen LogP contribution in [0.3, 0.4) is 0 Å². The van der Waals surface area contributed by atoms with Gasteiger partial charge in [0.2, 0.25) is 0 Å². The van der Waals surface area contributed by atoms with Crippen molar-refractivity contribution in [1.29, 1.82) is 0 Å². The highest BCUT2D eigenvalue weighted by Gasteiger charge is 2.34. The quantitative estimate of drug-likeness (QED) is 0.892. The number of piperazine rings is 1. The summed E-state index contributed by atoms with van der Waals surface area (Å²) in [6, 6.07) is 3.59. The van der Waals surface area contributed by atoms with E-state index in [4.69, 9.17) is 11.6 Å². The summed E-state index contributed by atoms with van der Waals surface area (Å²) in [5, 5.41) is 3.68. The SMILES string of the molecule is CCC1(CC)CN(c2ccc(C(F)(F)F)cc2Cl)CCN1. The Labute approximate surface area is 128 Å². The zero-order valence-electron chi connectivity index (χ0n) is 12.2. The fourth-order valence-electron chi connectivity index (χ4n) is 2.83. The summed E-state index contributed by atoms with van der Waals surface area (Å²) in [4.78, 5) is 2.08. The summed E-state index contributed by atoms with van der Waals surface area (Å²) in [6.07, 6.45) is -2.42. The summed E-state index contributed by atoms with van der Waals surface area (Å²) in [5.74, 6) is 0. The minimum atomic E-state index is -4.36. The molecule has 0 radical (unpaired) electrons. The molecule has 1 heterocycles. The highest BCUT2D eigenvalue weighted by Crippen LogP contribution is 2.36. The summed E-state index contributed by atoms with van der Waals surface area (Å²) in [6.45, 7) is 6.54. The van der Waals surface area contributed by atoms with E-state index in [2.05, 4.69) is 24.1 Å². The maximum atomic E-state index is 12.7. The number of hydrogen-bond acceptors (Lipinski definition) is 2. The Balaban J connectivity index is 2.26. The van der Waals surface area contributed by atoms with Crippen LogP contribution in [0.25, 0.3) is 0 Å². The van der Waals surface area contributed by atoms with Gasteiger partial charge in [-0.25, -0.2) is 0 Å². The van der Waals surface area contributed by atoms with Crippen molar-refractivity contribution in [3.63, 3.8) is 0 Å². The molecule has 0 spiro atoms. The van der Waals surface area contributed by atoms with Gasteiger partial charge < -0.3 is 10.2 Å². The minimum absolute atomic E-state index is 0.00424. The number of nitrogens with one attached hydrogen (secondary N) is 1. The lowest BCUT2D eigenvalue weighted by atomic mass is 9.90. The summed E-state index contributed by atoms with van der Waals surface area (Å²) in [5.41, 5.74) is -0.0225. The number of nitrogens with zero attached hydrogens (tertiary/aromatic N) is 1. The van der Waals surface area contributed by atoms with E-state index in [1.165, 1.54) is 6.07 Å². The van der Waals surface area contributed by atoms with Crippen molar-refractivity contribution in [2.75, 3.05) is 24.5 Å². The largest absolute Gasteiger partial charge is 0.416 e. The van der Waals surface area contributed by atoms with Gasteiger partial charge in [0.15, 0.2) is 0 Å². The highest BCUT2D eigenvalue weighted by molar-refractivity contribution is 6.33. The van der Waals surface area contributed by atoms with E-state index < -0.39 is 11.7 Å². The molecule has 2 rings (SSSR count). The summed E-state index contributed by atoms with van der Waals surface area (Å²) >= 11 is 6.09. The van der Waals surface area contributed by atoms with Gasteiger partial charge in [0, 0.05) is 25.2 Å².